The summed E-state index contributed by atoms with van der Waals surface area (Å²) < 4.78 is 1.87. The third-order valence-electron chi connectivity index (χ3n) is 6.68. The Morgan fingerprint density at radius 2 is 1.82 bits per heavy atom. The van der Waals surface area contributed by atoms with Crippen LogP contribution in [0.4, 0.5) is 0 Å². The zero-order valence-corrected chi connectivity index (χ0v) is 20.1. The number of hydrogen-bond donors (Lipinski definition) is 0. The van der Waals surface area contributed by atoms with Crippen molar-refractivity contribution in [3.05, 3.63) is 75.8 Å². The molecule has 174 valence electrons. The first-order valence-corrected chi connectivity index (χ1v) is 12.1. The van der Waals surface area contributed by atoms with Crippen molar-refractivity contribution in [3.63, 3.8) is 0 Å². The van der Waals surface area contributed by atoms with Crippen molar-refractivity contribution in [1.82, 2.24) is 19.4 Å². The Bertz CT molecular complexity index is 1180. The van der Waals surface area contributed by atoms with Crippen molar-refractivity contribution in [2.75, 3.05) is 19.6 Å². The summed E-state index contributed by atoms with van der Waals surface area (Å²) in [7, 11) is 0. The van der Waals surface area contributed by atoms with Crippen LogP contribution in [0, 0.1) is 6.92 Å². The molecule has 2 aromatic carbocycles. The Labute approximate surface area is 195 Å². The summed E-state index contributed by atoms with van der Waals surface area (Å²) in [5.41, 5.74) is 2.68. The third kappa shape index (κ3) is 4.58. The number of piperazine rings is 1. The molecular formula is C27H34N4O2. The van der Waals surface area contributed by atoms with E-state index in [9.17, 15) is 9.59 Å². The number of carbonyl (C=O) groups is 1. The summed E-state index contributed by atoms with van der Waals surface area (Å²) >= 11 is 0. The lowest BCUT2D eigenvalue weighted by atomic mass is 10.0. The molecule has 1 amide bonds. The second-order valence-corrected chi connectivity index (χ2v) is 9.08. The summed E-state index contributed by atoms with van der Waals surface area (Å²) in [5.74, 6) is 0.926. The molecule has 0 bridgehead atoms. The SMILES string of the molecule is CCCn1c(C(CC)N2CCN(C(=O)c3ccc(C)cc3)C(C)C2)nc2ccccc2c1=O. The molecule has 1 aromatic heterocycles. The van der Waals surface area contributed by atoms with Gasteiger partial charge in [0.25, 0.3) is 11.5 Å². The highest BCUT2D eigenvalue weighted by molar-refractivity contribution is 5.94. The standard InChI is InChI=1S/C27H34N4O2/c1-5-15-31-25(28-23-10-8-7-9-22(23)27(31)33)24(6-2)29-16-17-30(20(4)18-29)26(32)21-13-11-19(3)12-14-21/h7-14,20,24H,5-6,15-18H2,1-4H3. The first-order valence-electron chi connectivity index (χ1n) is 12.1. The van der Waals surface area contributed by atoms with Crippen LogP contribution in [-0.2, 0) is 6.54 Å². The zero-order valence-electron chi connectivity index (χ0n) is 20.1. The number of hydrogen-bond acceptors (Lipinski definition) is 4. The minimum atomic E-state index is 0.0351. The smallest absolute Gasteiger partial charge is 0.261 e. The van der Waals surface area contributed by atoms with E-state index < -0.39 is 0 Å². The van der Waals surface area contributed by atoms with Crippen LogP contribution in [-0.4, -0.2) is 50.9 Å². The fourth-order valence-corrected chi connectivity index (χ4v) is 4.92. The number of amides is 1. The van der Waals surface area contributed by atoms with Crippen LogP contribution in [0.2, 0.25) is 0 Å². The molecule has 6 nitrogen and oxygen atoms in total. The molecule has 4 rings (SSSR count). The fraction of sp³-hybridized carbons (Fsp3) is 0.444. The number of rotatable bonds is 6. The summed E-state index contributed by atoms with van der Waals surface area (Å²) in [6.45, 7) is 11.2. The van der Waals surface area contributed by atoms with Gasteiger partial charge in [-0.1, -0.05) is 43.7 Å². The van der Waals surface area contributed by atoms with Gasteiger partial charge in [0.15, 0.2) is 0 Å². The van der Waals surface area contributed by atoms with Crippen LogP contribution >= 0.6 is 0 Å². The van der Waals surface area contributed by atoms with E-state index in [0.29, 0.717) is 18.5 Å². The van der Waals surface area contributed by atoms with Crippen molar-refractivity contribution in [2.45, 2.75) is 59.2 Å². The van der Waals surface area contributed by atoms with Gasteiger partial charge in [-0.2, -0.15) is 0 Å². The average Bonchev–Trinajstić information content (AvgIpc) is 2.82. The topological polar surface area (TPSA) is 58.4 Å². The lowest BCUT2D eigenvalue weighted by Gasteiger charge is -2.43. The molecular weight excluding hydrogens is 412 g/mol. The van der Waals surface area contributed by atoms with Gasteiger partial charge in [0, 0.05) is 37.8 Å². The number of fused-ring (bicyclic) bond motifs is 1. The minimum Gasteiger partial charge on any atom is -0.333 e. The first kappa shape index (κ1) is 23.2. The maximum atomic E-state index is 13.3. The van der Waals surface area contributed by atoms with Gasteiger partial charge < -0.3 is 4.90 Å². The van der Waals surface area contributed by atoms with Gasteiger partial charge in [-0.05, 0) is 51.0 Å². The fourth-order valence-electron chi connectivity index (χ4n) is 4.92. The molecule has 1 saturated heterocycles. The van der Waals surface area contributed by atoms with E-state index in [-0.39, 0.29) is 23.6 Å². The van der Waals surface area contributed by atoms with Crippen LogP contribution in [0.3, 0.4) is 0 Å². The highest BCUT2D eigenvalue weighted by Crippen LogP contribution is 2.27. The van der Waals surface area contributed by atoms with E-state index in [1.54, 1.807) is 0 Å². The lowest BCUT2D eigenvalue weighted by molar-refractivity contribution is 0.0360. The van der Waals surface area contributed by atoms with Gasteiger partial charge in [0.2, 0.25) is 0 Å². The van der Waals surface area contributed by atoms with E-state index in [1.807, 2.05) is 64.9 Å². The third-order valence-corrected chi connectivity index (χ3v) is 6.68. The number of aryl methyl sites for hydroxylation is 1. The maximum absolute atomic E-state index is 13.3. The van der Waals surface area contributed by atoms with Crippen LogP contribution in [0.25, 0.3) is 10.9 Å². The molecule has 0 aliphatic carbocycles. The number of carbonyl (C=O) groups excluding carboxylic acids is 1. The average molecular weight is 447 g/mol. The molecule has 0 radical (unpaired) electrons. The van der Waals surface area contributed by atoms with E-state index in [0.717, 1.165) is 48.4 Å². The summed E-state index contributed by atoms with van der Waals surface area (Å²) in [6, 6.07) is 15.5. The van der Waals surface area contributed by atoms with Gasteiger partial charge >= 0.3 is 0 Å². The Kier molecular flexibility index (Phi) is 6.94. The molecule has 0 spiro atoms. The normalized spacial score (nSPS) is 17.9. The number of aromatic nitrogens is 2. The van der Waals surface area contributed by atoms with Crippen molar-refractivity contribution < 1.29 is 4.79 Å². The molecule has 0 saturated carbocycles. The van der Waals surface area contributed by atoms with E-state index in [1.165, 1.54) is 0 Å². The van der Waals surface area contributed by atoms with E-state index in [2.05, 4.69) is 25.7 Å². The molecule has 33 heavy (non-hydrogen) atoms. The van der Waals surface area contributed by atoms with Gasteiger partial charge in [0.05, 0.1) is 16.9 Å². The summed E-state index contributed by atoms with van der Waals surface area (Å²) in [4.78, 5) is 35.7. The Morgan fingerprint density at radius 3 is 2.48 bits per heavy atom. The molecule has 0 N–H and O–H groups in total. The number of para-hydroxylation sites is 1. The molecule has 6 heteroatoms. The van der Waals surface area contributed by atoms with Gasteiger partial charge in [-0.3, -0.25) is 19.1 Å². The molecule has 3 aromatic rings. The van der Waals surface area contributed by atoms with Crippen LogP contribution < -0.4 is 5.56 Å². The Morgan fingerprint density at radius 1 is 1.09 bits per heavy atom. The Hall–Kier alpha value is -2.99. The monoisotopic (exact) mass is 446 g/mol. The van der Waals surface area contributed by atoms with Crippen molar-refractivity contribution >= 4 is 16.8 Å². The second-order valence-electron chi connectivity index (χ2n) is 9.08. The van der Waals surface area contributed by atoms with Crippen LogP contribution in [0.5, 0.6) is 0 Å². The lowest BCUT2D eigenvalue weighted by Crippen LogP contribution is -2.55. The van der Waals surface area contributed by atoms with Gasteiger partial charge in [-0.15, -0.1) is 0 Å². The first-order chi connectivity index (χ1) is 15.9. The van der Waals surface area contributed by atoms with Crippen molar-refractivity contribution in [2.24, 2.45) is 0 Å². The number of benzene rings is 2. The highest BCUT2D eigenvalue weighted by atomic mass is 16.2. The predicted octanol–water partition coefficient (Wildman–Crippen LogP) is 4.41. The molecule has 1 aliphatic rings. The second kappa shape index (κ2) is 9.87. The van der Waals surface area contributed by atoms with Gasteiger partial charge in [-0.25, -0.2) is 4.98 Å². The molecule has 2 heterocycles. The minimum absolute atomic E-state index is 0.0351. The quantitative estimate of drug-likeness (QED) is 0.563. The largest absolute Gasteiger partial charge is 0.333 e. The molecule has 2 atom stereocenters. The molecule has 1 aliphatic heterocycles. The van der Waals surface area contributed by atoms with Crippen molar-refractivity contribution in [1.29, 1.82) is 0 Å². The van der Waals surface area contributed by atoms with Crippen LogP contribution in [0.1, 0.15) is 61.4 Å². The number of nitrogens with zero attached hydrogens (tertiary/aromatic N) is 4. The predicted molar refractivity (Wildman–Crippen MR) is 133 cm³/mol. The Balaban J connectivity index is 1.61. The van der Waals surface area contributed by atoms with E-state index in [4.69, 9.17) is 4.98 Å². The zero-order chi connectivity index (χ0) is 23.5. The summed E-state index contributed by atoms with van der Waals surface area (Å²) in [6.07, 6.45) is 1.73. The highest BCUT2D eigenvalue weighted by Gasteiger charge is 2.33. The molecule has 1 fully saturated rings. The van der Waals surface area contributed by atoms with Gasteiger partial charge in [0.1, 0.15) is 5.82 Å². The maximum Gasteiger partial charge on any atom is 0.261 e. The van der Waals surface area contributed by atoms with Crippen LogP contribution in [0.15, 0.2) is 53.3 Å². The van der Waals surface area contributed by atoms with Crippen molar-refractivity contribution in [3.8, 4) is 0 Å². The molecule has 2 unspecified atom stereocenters. The van der Waals surface area contributed by atoms with E-state index >= 15 is 0 Å². The summed E-state index contributed by atoms with van der Waals surface area (Å²) in [5, 5.41) is 0.673.